The summed E-state index contributed by atoms with van der Waals surface area (Å²) in [5.74, 6) is -2.41. The molecule has 0 radical (unpaired) electrons. The standard InChI is InChI=1S/C19H13ClF2N4O/c1-19(21,22)17-8-7-12(10-24-17)27-18-13(4-3-9-23-18)15-5-2-6-16-14(20)11-25-26(15)16/h2-11H,1H3. The fourth-order valence-corrected chi connectivity index (χ4v) is 2.85. The van der Waals surface area contributed by atoms with Crippen LogP contribution < -0.4 is 4.74 Å². The summed E-state index contributed by atoms with van der Waals surface area (Å²) in [6, 6.07) is 11.8. The lowest BCUT2D eigenvalue weighted by atomic mass is 10.1. The SMILES string of the molecule is CC(F)(F)c1ccc(Oc2ncccc2-c2cccc3c(Cl)cnn23)cn1. The summed E-state index contributed by atoms with van der Waals surface area (Å²) in [6.45, 7) is 0.794. The third-order valence-corrected chi connectivity index (χ3v) is 4.23. The van der Waals surface area contributed by atoms with Crippen LogP contribution in [0.2, 0.25) is 5.02 Å². The first-order valence-corrected chi connectivity index (χ1v) is 8.41. The van der Waals surface area contributed by atoms with Crippen LogP contribution in [0.25, 0.3) is 16.8 Å². The molecule has 0 amide bonds. The maximum absolute atomic E-state index is 13.3. The fraction of sp³-hybridized carbons (Fsp3) is 0.105. The molecule has 4 rings (SSSR count). The molecule has 0 aliphatic carbocycles. The molecule has 4 aromatic heterocycles. The second-order valence-electron chi connectivity index (χ2n) is 5.93. The van der Waals surface area contributed by atoms with Gasteiger partial charge in [0.05, 0.1) is 34.2 Å². The van der Waals surface area contributed by atoms with Gasteiger partial charge in [0.1, 0.15) is 11.4 Å². The van der Waals surface area contributed by atoms with Crippen molar-refractivity contribution in [2.24, 2.45) is 0 Å². The van der Waals surface area contributed by atoms with Crippen molar-refractivity contribution in [3.05, 3.63) is 71.8 Å². The molecule has 0 saturated carbocycles. The van der Waals surface area contributed by atoms with E-state index in [1.807, 2.05) is 24.3 Å². The molecule has 0 atom stereocenters. The Hall–Kier alpha value is -3.06. The molecule has 0 N–H and O–H groups in total. The molecule has 0 aliphatic rings. The highest BCUT2D eigenvalue weighted by Gasteiger charge is 2.25. The first-order chi connectivity index (χ1) is 12.9. The van der Waals surface area contributed by atoms with Gasteiger partial charge in [-0.05, 0) is 36.4 Å². The first kappa shape index (κ1) is 17.4. The smallest absolute Gasteiger partial charge is 0.286 e. The Balaban J connectivity index is 1.73. The van der Waals surface area contributed by atoms with Crippen LogP contribution in [0.15, 0.2) is 61.1 Å². The monoisotopic (exact) mass is 386 g/mol. The number of pyridine rings is 3. The summed E-state index contributed by atoms with van der Waals surface area (Å²) in [7, 11) is 0. The van der Waals surface area contributed by atoms with Gasteiger partial charge in [0.25, 0.3) is 5.92 Å². The van der Waals surface area contributed by atoms with E-state index in [2.05, 4.69) is 15.1 Å². The Bertz CT molecular complexity index is 1110. The number of hydrogen-bond donors (Lipinski definition) is 0. The van der Waals surface area contributed by atoms with Crippen molar-refractivity contribution < 1.29 is 13.5 Å². The van der Waals surface area contributed by atoms with Gasteiger partial charge in [-0.2, -0.15) is 13.9 Å². The van der Waals surface area contributed by atoms with Gasteiger partial charge in [-0.25, -0.2) is 9.50 Å². The predicted octanol–water partition coefficient (Wildman–Crippen LogP) is 5.35. The normalized spacial score (nSPS) is 11.7. The number of nitrogens with zero attached hydrogens (tertiary/aromatic N) is 4. The number of aromatic nitrogens is 4. The maximum atomic E-state index is 13.3. The molecule has 136 valence electrons. The first-order valence-electron chi connectivity index (χ1n) is 8.03. The number of rotatable bonds is 4. The summed E-state index contributed by atoms with van der Waals surface area (Å²) in [6.07, 6.45) is 4.39. The van der Waals surface area contributed by atoms with Crippen molar-refractivity contribution in [3.8, 4) is 22.9 Å². The van der Waals surface area contributed by atoms with Crippen LogP contribution in [0.5, 0.6) is 11.6 Å². The molecule has 8 heteroatoms. The van der Waals surface area contributed by atoms with Crippen LogP contribution >= 0.6 is 11.6 Å². The van der Waals surface area contributed by atoms with E-state index in [1.54, 1.807) is 23.0 Å². The van der Waals surface area contributed by atoms with E-state index in [4.69, 9.17) is 16.3 Å². The highest BCUT2D eigenvalue weighted by atomic mass is 35.5. The lowest BCUT2D eigenvalue weighted by Gasteiger charge is -2.12. The van der Waals surface area contributed by atoms with Gasteiger partial charge in [0.2, 0.25) is 5.88 Å². The van der Waals surface area contributed by atoms with Crippen LogP contribution in [-0.2, 0) is 5.92 Å². The zero-order chi connectivity index (χ0) is 19.0. The van der Waals surface area contributed by atoms with E-state index in [-0.39, 0.29) is 5.69 Å². The number of hydrogen-bond acceptors (Lipinski definition) is 4. The van der Waals surface area contributed by atoms with Crippen LogP contribution in [0.1, 0.15) is 12.6 Å². The Labute approximate surface area is 158 Å². The molecule has 27 heavy (non-hydrogen) atoms. The molecule has 4 aromatic rings. The van der Waals surface area contributed by atoms with Crippen LogP contribution in [0, 0.1) is 0 Å². The molecule has 4 heterocycles. The summed E-state index contributed by atoms with van der Waals surface area (Å²) in [4.78, 5) is 8.03. The summed E-state index contributed by atoms with van der Waals surface area (Å²) < 4.78 is 34.1. The van der Waals surface area contributed by atoms with Gasteiger partial charge >= 0.3 is 0 Å². The lowest BCUT2D eigenvalue weighted by molar-refractivity contribution is 0.0127. The molecule has 5 nitrogen and oxygen atoms in total. The van der Waals surface area contributed by atoms with E-state index in [1.165, 1.54) is 18.3 Å². The molecule has 0 fully saturated rings. The third-order valence-electron chi connectivity index (χ3n) is 3.94. The van der Waals surface area contributed by atoms with Crippen molar-refractivity contribution in [3.63, 3.8) is 0 Å². The van der Waals surface area contributed by atoms with E-state index in [9.17, 15) is 8.78 Å². The van der Waals surface area contributed by atoms with Gasteiger partial charge in [-0.15, -0.1) is 0 Å². The molecule has 0 aromatic carbocycles. The molecule has 0 bridgehead atoms. The Morgan fingerprint density at radius 2 is 1.89 bits per heavy atom. The average Bonchev–Trinajstić information content (AvgIpc) is 3.03. The number of ether oxygens (including phenoxy) is 1. The fourth-order valence-electron chi connectivity index (χ4n) is 2.66. The lowest BCUT2D eigenvalue weighted by Crippen LogP contribution is -2.09. The molecule has 0 saturated heterocycles. The zero-order valence-corrected chi connectivity index (χ0v) is 14.9. The van der Waals surface area contributed by atoms with E-state index >= 15 is 0 Å². The van der Waals surface area contributed by atoms with Gasteiger partial charge in [0, 0.05) is 13.1 Å². The van der Waals surface area contributed by atoms with Crippen molar-refractivity contribution in [1.82, 2.24) is 19.6 Å². The third kappa shape index (κ3) is 3.33. The van der Waals surface area contributed by atoms with Crippen LogP contribution in [0.4, 0.5) is 8.78 Å². The summed E-state index contributed by atoms with van der Waals surface area (Å²) in [5, 5.41) is 4.82. The van der Waals surface area contributed by atoms with E-state index in [0.717, 1.165) is 18.1 Å². The van der Waals surface area contributed by atoms with Crippen molar-refractivity contribution in [2.75, 3.05) is 0 Å². The molecule has 0 spiro atoms. The number of halogens is 3. The van der Waals surface area contributed by atoms with E-state index in [0.29, 0.717) is 22.2 Å². The minimum Gasteiger partial charge on any atom is -0.437 e. The molecular weight excluding hydrogens is 374 g/mol. The summed E-state index contributed by atoms with van der Waals surface area (Å²) >= 11 is 6.15. The highest BCUT2D eigenvalue weighted by Crippen LogP contribution is 2.33. The van der Waals surface area contributed by atoms with Crippen molar-refractivity contribution in [2.45, 2.75) is 12.8 Å². The maximum Gasteiger partial charge on any atom is 0.286 e. The minimum atomic E-state index is -3.01. The Morgan fingerprint density at radius 1 is 1.04 bits per heavy atom. The second-order valence-corrected chi connectivity index (χ2v) is 6.33. The van der Waals surface area contributed by atoms with Crippen molar-refractivity contribution in [1.29, 1.82) is 0 Å². The number of fused-ring (bicyclic) bond motifs is 1. The van der Waals surface area contributed by atoms with E-state index < -0.39 is 5.92 Å². The van der Waals surface area contributed by atoms with Gasteiger partial charge in [-0.1, -0.05) is 17.7 Å². The summed E-state index contributed by atoms with van der Waals surface area (Å²) in [5.41, 5.74) is 1.83. The molecular formula is C19H13ClF2N4O. The van der Waals surface area contributed by atoms with Gasteiger partial charge in [-0.3, -0.25) is 4.98 Å². The highest BCUT2D eigenvalue weighted by molar-refractivity contribution is 6.33. The topological polar surface area (TPSA) is 52.3 Å². The number of alkyl halides is 2. The average molecular weight is 387 g/mol. The van der Waals surface area contributed by atoms with Crippen LogP contribution in [0.3, 0.4) is 0 Å². The predicted molar refractivity (Wildman–Crippen MR) is 97.3 cm³/mol. The van der Waals surface area contributed by atoms with Gasteiger partial charge < -0.3 is 4.74 Å². The molecule has 0 aliphatic heterocycles. The molecule has 0 unspecified atom stereocenters. The zero-order valence-electron chi connectivity index (χ0n) is 14.1. The van der Waals surface area contributed by atoms with Gasteiger partial charge in [0.15, 0.2) is 0 Å². The second kappa shape index (κ2) is 6.59. The quantitative estimate of drug-likeness (QED) is 0.474. The van der Waals surface area contributed by atoms with Crippen molar-refractivity contribution >= 4 is 17.1 Å². The largest absolute Gasteiger partial charge is 0.437 e. The van der Waals surface area contributed by atoms with Crippen LogP contribution in [-0.4, -0.2) is 19.6 Å². The minimum absolute atomic E-state index is 0.300. The Morgan fingerprint density at radius 3 is 2.63 bits per heavy atom. The Kier molecular flexibility index (Phi) is 4.24.